The smallest absolute Gasteiger partial charge is 0.217 e. The number of ether oxygens (including phenoxy) is 1. The van der Waals surface area contributed by atoms with Crippen LogP contribution >= 0.6 is 0 Å². The van der Waals surface area contributed by atoms with Crippen LogP contribution in [0.4, 0.5) is 0 Å². The van der Waals surface area contributed by atoms with Gasteiger partial charge in [0, 0.05) is 12.0 Å². The average molecular weight is 392 g/mol. The van der Waals surface area contributed by atoms with Crippen molar-refractivity contribution in [1.82, 2.24) is 0 Å². The maximum Gasteiger partial charge on any atom is 0.217 e. The molecule has 1 aromatic carbocycles. The first kappa shape index (κ1) is 24.3. The molecule has 1 amide bonds. The number of rotatable bonds is 15. The average Bonchev–Trinajstić information content (AvgIpc) is 2.62. The summed E-state index contributed by atoms with van der Waals surface area (Å²) in [6, 6.07) is 5.54. The monoisotopic (exact) mass is 391 g/mol. The second-order valence-electron chi connectivity index (χ2n) is 8.88. The van der Waals surface area contributed by atoms with E-state index < -0.39 is 0 Å². The van der Waals surface area contributed by atoms with Gasteiger partial charge >= 0.3 is 0 Å². The van der Waals surface area contributed by atoms with Crippen molar-refractivity contribution in [2.75, 3.05) is 6.61 Å². The van der Waals surface area contributed by atoms with Crippen molar-refractivity contribution < 1.29 is 14.6 Å². The molecule has 3 N–H and O–H groups in total. The lowest BCUT2D eigenvalue weighted by molar-refractivity contribution is -0.118. The van der Waals surface area contributed by atoms with E-state index >= 15 is 0 Å². The van der Waals surface area contributed by atoms with E-state index in [1.165, 1.54) is 51.4 Å². The van der Waals surface area contributed by atoms with Gasteiger partial charge in [0.1, 0.15) is 11.5 Å². The largest absolute Gasteiger partial charge is 0.508 e. The summed E-state index contributed by atoms with van der Waals surface area (Å²) in [5.74, 6) is 1.01. The molecule has 0 aliphatic rings. The number of carbonyl (C=O) groups excluding carboxylic acids is 1. The summed E-state index contributed by atoms with van der Waals surface area (Å²) in [7, 11) is 0. The van der Waals surface area contributed by atoms with Gasteiger partial charge in [0.05, 0.1) is 6.61 Å². The van der Waals surface area contributed by atoms with Crippen molar-refractivity contribution in [2.24, 2.45) is 5.73 Å². The van der Waals surface area contributed by atoms with Crippen LogP contribution in [0.1, 0.15) is 103 Å². The molecule has 28 heavy (non-hydrogen) atoms. The maximum absolute atomic E-state index is 10.6. The van der Waals surface area contributed by atoms with Crippen LogP contribution in [0.25, 0.3) is 0 Å². The molecule has 0 atom stereocenters. The molecule has 160 valence electrons. The molecular weight excluding hydrogens is 350 g/mol. The van der Waals surface area contributed by atoms with E-state index in [2.05, 4.69) is 20.8 Å². The van der Waals surface area contributed by atoms with Crippen LogP contribution in [-0.2, 0) is 10.2 Å². The maximum atomic E-state index is 10.6. The molecule has 0 saturated carbocycles. The summed E-state index contributed by atoms with van der Waals surface area (Å²) in [5, 5.41) is 10.0. The molecule has 0 unspecified atom stereocenters. The number of aromatic hydroxyl groups is 1. The van der Waals surface area contributed by atoms with E-state index in [1.54, 1.807) is 6.07 Å². The van der Waals surface area contributed by atoms with Gasteiger partial charge in [-0.05, 0) is 36.5 Å². The van der Waals surface area contributed by atoms with Crippen LogP contribution in [0.5, 0.6) is 11.5 Å². The van der Waals surface area contributed by atoms with E-state index in [4.69, 9.17) is 10.5 Å². The fourth-order valence-corrected chi connectivity index (χ4v) is 3.39. The third kappa shape index (κ3) is 11.2. The lowest BCUT2D eigenvalue weighted by Crippen LogP contribution is -2.11. The fourth-order valence-electron chi connectivity index (χ4n) is 3.39. The lowest BCUT2D eigenvalue weighted by atomic mass is 9.86. The molecule has 0 bridgehead atoms. The summed E-state index contributed by atoms with van der Waals surface area (Å²) in [6.07, 6.45) is 13.9. The first-order chi connectivity index (χ1) is 13.3. The molecule has 4 nitrogen and oxygen atoms in total. The predicted octanol–water partition coefficient (Wildman–Crippen LogP) is 6.24. The van der Waals surface area contributed by atoms with Gasteiger partial charge in [-0.15, -0.1) is 0 Å². The molecular formula is C24H41NO3. The Bertz CT molecular complexity index is 563. The molecule has 0 heterocycles. The lowest BCUT2D eigenvalue weighted by Gasteiger charge is -2.21. The summed E-state index contributed by atoms with van der Waals surface area (Å²) < 4.78 is 5.86. The van der Waals surface area contributed by atoms with Crippen LogP contribution in [0.2, 0.25) is 0 Å². The number of unbranched alkanes of at least 4 members (excludes halogenated alkanes) is 10. The third-order valence-electron chi connectivity index (χ3n) is 5.11. The van der Waals surface area contributed by atoms with Gasteiger partial charge in [-0.25, -0.2) is 0 Å². The second kappa shape index (κ2) is 13.5. The van der Waals surface area contributed by atoms with Crippen LogP contribution in [0.3, 0.4) is 0 Å². The van der Waals surface area contributed by atoms with Crippen molar-refractivity contribution in [2.45, 2.75) is 103 Å². The van der Waals surface area contributed by atoms with Crippen LogP contribution in [0, 0.1) is 0 Å². The van der Waals surface area contributed by atoms with E-state index in [-0.39, 0.29) is 11.3 Å². The SMILES string of the molecule is CC(C)(C)c1cc(OCCCCCCCCCCCCCC(N)=O)ccc1O. The molecule has 0 spiro atoms. The second-order valence-corrected chi connectivity index (χ2v) is 8.88. The zero-order chi connectivity index (χ0) is 20.8. The quantitative estimate of drug-likeness (QED) is 0.348. The molecule has 0 fully saturated rings. The summed E-state index contributed by atoms with van der Waals surface area (Å²) in [6.45, 7) is 7.02. The minimum absolute atomic E-state index is 0.0903. The van der Waals surface area contributed by atoms with Gasteiger partial charge in [0.2, 0.25) is 5.91 Å². The Morgan fingerprint density at radius 3 is 1.89 bits per heavy atom. The van der Waals surface area contributed by atoms with Crippen molar-refractivity contribution in [3.8, 4) is 11.5 Å². The highest BCUT2D eigenvalue weighted by Gasteiger charge is 2.18. The first-order valence-electron chi connectivity index (χ1n) is 11.1. The van der Waals surface area contributed by atoms with E-state index in [0.29, 0.717) is 12.2 Å². The van der Waals surface area contributed by atoms with Gasteiger partial charge in [0.25, 0.3) is 0 Å². The standard InChI is InChI=1S/C24H41NO3/c1-24(2,3)21-19-20(16-17-22(21)26)28-18-14-12-10-8-6-4-5-7-9-11-13-15-23(25)27/h16-17,19,26H,4-15,18H2,1-3H3,(H2,25,27). The van der Waals surface area contributed by atoms with Gasteiger partial charge in [-0.3, -0.25) is 4.79 Å². The van der Waals surface area contributed by atoms with Crippen molar-refractivity contribution >= 4 is 5.91 Å². The van der Waals surface area contributed by atoms with Gasteiger partial charge in [-0.1, -0.05) is 78.6 Å². The van der Waals surface area contributed by atoms with Gasteiger partial charge < -0.3 is 15.6 Å². The minimum atomic E-state index is -0.178. The number of carbonyl (C=O) groups is 1. The molecule has 0 aromatic heterocycles. The minimum Gasteiger partial charge on any atom is -0.508 e. The Kier molecular flexibility index (Phi) is 11.7. The molecule has 1 aromatic rings. The topological polar surface area (TPSA) is 72.5 Å². The summed E-state index contributed by atoms with van der Waals surface area (Å²) in [4.78, 5) is 10.6. The molecule has 1 rings (SSSR count). The van der Waals surface area contributed by atoms with Crippen LogP contribution in [0.15, 0.2) is 18.2 Å². The summed E-state index contributed by atoms with van der Waals surface area (Å²) >= 11 is 0. The molecule has 0 radical (unpaired) electrons. The number of primary amides is 1. The fraction of sp³-hybridized carbons (Fsp3) is 0.708. The molecule has 0 saturated heterocycles. The highest BCUT2D eigenvalue weighted by atomic mass is 16.5. The number of hydrogen-bond donors (Lipinski definition) is 2. The van der Waals surface area contributed by atoms with Gasteiger partial charge in [-0.2, -0.15) is 0 Å². The third-order valence-corrected chi connectivity index (χ3v) is 5.11. The Balaban J connectivity index is 1.98. The molecule has 0 aliphatic carbocycles. The van der Waals surface area contributed by atoms with Gasteiger partial charge in [0.15, 0.2) is 0 Å². The summed E-state index contributed by atoms with van der Waals surface area (Å²) in [5.41, 5.74) is 5.97. The zero-order valence-electron chi connectivity index (χ0n) is 18.3. The predicted molar refractivity (Wildman–Crippen MR) is 117 cm³/mol. The first-order valence-corrected chi connectivity index (χ1v) is 11.1. The number of hydrogen-bond acceptors (Lipinski definition) is 3. The van der Waals surface area contributed by atoms with Crippen molar-refractivity contribution in [3.05, 3.63) is 23.8 Å². The molecule has 0 aliphatic heterocycles. The normalized spacial score (nSPS) is 11.5. The number of nitrogens with two attached hydrogens (primary N) is 1. The van der Waals surface area contributed by atoms with Crippen molar-refractivity contribution in [3.63, 3.8) is 0 Å². The highest BCUT2D eigenvalue weighted by Crippen LogP contribution is 2.33. The Hall–Kier alpha value is -1.71. The van der Waals surface area contributed by atoms with Crippen molar-refractivity contribution in [1.29, 1.82) is 0 Å². The molecule has 4 heteroatoms. The van der Waals surface area contributed by atoms with Crippen LogP contribution in [-0.4, -0.2) is 17.6 Å². The Morgan fingerprint density at radius 2 is 1.39 bits per heavy atom. The Morgan fingerprint density at radius 1 is 0.893 bits per heavy atom. The number of amides is 1. The van der Waals surface area contributed by atoms with E-state index in [1.807, 2.05) is 12.1 Å². The zero-order valence-corrected chi connectivity index (χ0v) is 18.3. The number of phenolic OH excluding ortho intramolecular Hbond substituents is 1. The highest BCUT2D eigenvalue weighted by molar-refractivity contribution is 5.73. The van der Waals surface area contributed by atoms with E-state index in [0.717, 1.165) is 37.2 Å². The van der Waals surface area contributed by atoms with E-state index in [9.17, 15) is 9.90 Å². The van der Waals surface area contributed by atoms with Crippen LogP contribution < -0.4 is 10.5 Å². The Labute approximate surface area is 171 Å². The number of phenols is 1. The number of benzene rings is 1.